The van der Waals surface area contributed by atoms with E-state index in [1.54, 1.807) is 0 Å². The number of aromatic nitrogens is 3. The summed E-state index contributed by atoms with van der Waals surface area (Å²) in [7, 11) is 0. The monoisotopic (exact) mass is 278 g/mol. The van der Waals surface area contributed by atoms with Crippen molar-refractivity contribution in [2.45, 2.75) is 13.1 Å². The van der Waals surface area contributed by atoms with Crippen molar-refractivity contribution in [3.8, 4) is 11.4 Å². The van der Waals surface area contributed by atoms with Gasteiger partial charge in [0.2, 0.25) is 0 Å². The van der Waals surface area contributed by atoms with Gasteiger partial charge in [-0.1, -0.05) is 36.4 Å². The van der Waals surface area contributed by atoms with Gasteiger partial charge < -0.3 is 9.88 Å². The molecule has 0 aliphatic carbocycles. The summed E-state index contributed by atoms with van der Waals surface area (Å²) in [5.74, 6) is 1.01. The molecule has 0 saturated heterocycles. The van der Waals surface area contributed by atoms with Crippen molar-refractivity contribution in [1.82, 2.24) is 19.9 Å². The van der Waals surface area contributed by atoms with Gasteiger partial charge in [0.15, 0.2) is 0 Å². The number of nitrogens with zero attached hydrogens (tertiary/aromatic N) is 3. The van der Waals surface area contributed by atoms with Crippen molar-refractivity contribution in [2.24, 2.45) is 0 Å². The predicted octanol–water partition coefficient (Wildman–Crippen LogP) is 2.73. The maximum absolute atomic E-state index is 4.45. The third kappa shape index (κ3) is 3.55. The maximum atomic E-state index is 4.45. The molecule has 3 aromatic rings. The van der Waals surface area contributed by atoms with Crippen LogP contribution in [0.4, 0.5) is 0 Å². The standard InChI is InChI=1S/C17H18N4/c1-2-6-15(7-3-1)17-20-11-13-21(17)12-10-18-14-16-8-4-5-9-19-16/h1-9,11,13,18H,10,12,14H2. The van der Waals surface area contributed by atoms with Crippen LogP contribution in [0.3, 0.4) is 0 Å². The highest BCUT2D eigenvalue weighted by molar-refractivity contribution is 5.55. The van der Waals surface area contributed by atoms with Crippen LogP contribution < -0.4 is 5.32 Å². The molecule has 2 aromatic heterocycles. The Morgan fingerprint density at radius 1 is 0.905 bits per heavy atom. The van der Waals surface area contributed by atoms with Gasteiger partial charge in [0, 0.05) is 43.8 Å². The van der Waals surface area contributed by atoms with Crippen molar-refractivity contribution >= 4 is 0 Å². The van der Waals surface area contributed by atoms with Gasteiger partial charge in [-0.2, -0.15) is 0 Å². The lowest BCUT2D eigenvalue weighted by Gasteiger charge is -2.09. The van der Waals surface area contributed by atoms with Gasteiger partial charge in [0.1, 0.15) is 5.82 Å². The molecular formula is C17H18N4. The fourth-order valence-corrected chi connectivity index (χ4v) is 2.26. The van der Waals surface area contributed by atoms with E-state index < -0.39 is 0 Å². The fourth-order valence-electron chi connectivity index (χ4n) is 2.26. The van der Waals surface area contributed by atoms with Gasteiger partial charge in [0.25, 0.3) is 0 Å². The number of pyridine rings is 1. The Kier molecular flexibility index (Phi) is 4.39. The molecule has 0 unspecified atom stereocenters. The third-order valence-electron chi connectivity index (χ3n) is 3.31. The first-order valence-corrected chi connectivity index (χ1v) is 7.10. The molecule has 1 N–H and O–H groups in total. The van der Waals surface area contributed by atoms with Gasteiger partial charge in [-0.05, 0) is 12.1 Å². The molecule has 0 aliphatic heterocycles. The van der Waals surface area contributed by atoms with Crippen LogP contribution in [-0.2, 0) is 13.1 Å². The van der Waals surface area contributed by atoms with E-state index in [0.29, 0.717) is 0 Å². The second-order valence-electron chi connectivity index (χ2n) is 4.81. The number of hydrogen-bond donors (Lipinski definition) is 1. The molecule has 3 rings (SSSR count). The fraction of sp³-hybridized carbons (Fsp3) is 0.176. The van der Waals surface area contributed by atoms with E-state index >= 15 is 0 Å². The summed E-state index contributed by atoms with van der Waals surface area (Å²) >= 11 is 0. The molecule has 0 atom stereocenters. The zero-order valence-corrected chi connectivity index (χ0v) is 11.8. The average Bonchev–Trinajstić information content (AvgIpc) is 3.02. The van der Waals surface area contributed by atoms with E-state index in [9.17, 15) is 0 Å². The zero-order valence-electron chi connectivity index (χ0n) is 11.8. The Morgan fingerprint density at radius 2 is 1.76 bits per heavy atom. The predicted molar refractivity (Wildman–Crippen MR) is 83.6 cm³/mol. The minimum absolute atomic E-state index is 0.788. The van der Waals surface area contributed by atoms with E-state index in [0.717, 1.165) is 36.7 Å². The lowest BCUT2D eigenvalue weighted by Crippen LogP contribution is -2.20. The summed E-state index contributed by atoms with van der Waals surface area (Å²) in [5, 5.41) is 3.41. The van der Waals surface area contributed by atoms with Crippen molar-refractivity contribution in [3.05, 3.63) is 72.8 Å². The summed E-state index contributed by atoms with van der Waals surface area (Å²) < 4.78 is 2.17. The lowest BCUT2D eigenvalue weighted by molar-refractivity contribution is 0.595. The molecule has 0 spiro atoms. The Balaban J connectivity index is 1.56. The first-order chi connectivity index (χ1) is 10.4. The average molecular weight is 278 g/mol. The molecule has 4 nitrogen and oxygen atoms in total. The van der Waals surface area contributed by atoms with Crippen molar-refractivity contribution in [3.63, 3.8) is 0 Å². The van der Waals surface area contributed by atoms with Crippen LogP contribution in [0.15, 0.2) is 67.1 Å². The molecular weight excluding hydrogens is 260 g/mol. The van der Waals surface area contributed by atoms with Gasteiger partial charge in [-0.3, -0.25) is 4.98 Å². The number of rotatable bonds is 6. The first-order valence-electron chi connectivity index (χ1n) is 7.10. The highest BCUT2D eigenvalue weighted by Crippen LogP contribution is 2.16. The van der Waals surface area contributed by atoms with Gasteiger partial charge >= 0.3 is 0 Å². The second-order valence-corrected chi connectivity index (χ2v) is 4.81. The summed E-state index contributed by atoms with van der Waals surface area (Å²) in [6, 6.07) is 16.2. The summed E-state index contributed by atoms with van der Waals surface area (Å²) in [5.41, 5.74) is 2.21. The van der Waals surface area contributed by atoms with E-state index in [1.165, 1.54) is 0 Å². The lowest BCUT2D eigenvalue weighted by atomic mass is 10.2. The van der Waals surface area contributed by atoms with E-state index in [2.05, 4.69) is 32.0 Å². The molecule has 0 amide bonds. The molecule has 0 bridgehead atoms. The van der Waals surface area contributed by atoms with E-state index in [-0.39, 0.29) is 0 Å². The Labute approximate surface area is 124 Å². The summed E-state index contributed by atoms with van der Waals surface area (Å²) in [6.07, 6.45) is 5.69. The molecule has 21 heavy (non-hydrogen) atoms. The number of hydrogen-bond acceptors (Lipinski definition) is 3. The molecule has 2 heterocycles. The van der Waals surface area contributed by atoms with E-state index in [4.69, 9.17) is 0 Å². The number of imidazole rings is 1. The second kappa shape index (κ2) is 6.81. The Hall–Kier alpha value is -2.46. The van der Waals surface area contributed by atoms with Crippen LogP contribution in [0.2, 0.25) is 0 Å². The number of benzene rings is 1. The Bertz CT molecular complexity index is 662. The van der Waals surface area contributed by atoms with Gasteiger partial charge in [-0.15, -0.1) is 0 Å². The number of nitrogens with one attached hydrogen (secondary N) is 1. The van der Waals surface area contributed by atoms with Gasteiger partial charge in [0.05, 0.1) is 5.69 Å². The molecule has 0 aliphatic rings. The SMILES string of the molecule is c1ccc(-c2nccn2CCNCc2ccccn2)cc1. The highest BCUT2D eigenvalue weighted by Gasteiger charge is 2.04. The van der Waals surface area contributed by atoms with Crippen LogP contribution in [0.5, 0.6) is 0 Å². The molecule has 1 aromatic carbocycles. The van der Waals surface area contributed by atoms with Crippen LogP contribution in [0, 0.1) is 0 Å². The first kappa shape index (κ1) is 13.5. The van der Waals surface area contributed by atoms with Crippen LogP contribution in [0.25, 0.3) is 11.4 Å². The smallest absolute Gasteiger partial charge is 0.139 e. The molecule has 106 valence electrons. The quantitative estimate of drug-likeness (QED) is 0.705. The molecule has 0 saturated carbocycles. The minimum Gasteiger partial charge on any atom is -0.330 e. The molecule has 0 radical (unpaired) electrons. The van der Waals surface area contributed by atoms with Crippen LogP contribution >= 0.6 is 0 Å². The molecule has 0 fully saturated rings. The highest BCUT2D eigenvalue weighted by atomic mass is 15.1. The zero-order chi connectivity index (χ0) is 14.3. The normalized spacial score (nSPS) is 10.7. The topological polar surface area (TPSA) is 42.7 Å². The summed E-state index contributed by atoms with van der Waals surface area (Å²) in [6.45, 7) is 2.56. The van der Waals surface area contributed by atoms with Crippen molar-refractivity contribution in [2.75, 3.05) is 6.54 Å². The van der Waals surface area contributed by atoms with E-state index in [1.807, 2.05) is 55.0 Å². The minimum atomic E-state index is 0.788. The largest absolute Gasteiger partial charge is 0.330 e. The molecule has 4 heteroatoms. The maximum Gasteiger partial charge on any atom is 0.139 e. The summed E-state index contributed by atoms with van der Waals surface area (Å²) in [4.78, 5) is 8.74. The van der Waals surface area contributed by atoms with Crippen LogP contribution in [-0.4, -0.2) is 21.1 Å². The Morgan fingerprint density at radius 3 is 2.57 bits per heavy atom. The third-order valence-corrected chi connectivity index (χ3v) is 3.31. The van der Waals surface area contributed by atoms with Crippen molar-refractivity contribution < 1.29 is 0 Å². The van der Waals surface area contributed by atoms with Gasteiger partial charge in [-0.25, -0.2) is 4.98 Å². The van der Waals surface area contributed by atoms with Crippen molar-refractivity contribution in [1.29, 1.82) is 0 Å². The van der Waals surface area contributed by atoms with Crippen LogP contribution in [0.1, 0.15) is 5.69 Å².